The van der Waals surface area contributed by atoms with Crippen molar-refractivity contribution in [3.8, 4) is 0 Å². The quantitative estimate of drug-likeness (QED) is 0.778. The van der Waals surface area contributed by atoms with Gasteiger partial charge in [-0.15, -0.1) is 0 Å². The maximum Gasteiger partial charge on any atom is 0.255 e. The highest BCUT2D eigenvalue weighted by molar-refractivity contribution is 6.33. The van der Waals surface area contributed by atoms with Crippen LogP contribution in [0.5, 0.6) is 0 Å². The number of fused-ring (bicyclic) bond motifs is 1. The number of hydrogen-bond donors (Lipinski definition) is 1. The van der Waals surface area contributed by atoms with E-state index in [0.717, 1.165) is 29.9 Å². The number of halogens is 1. The highest BCUT2D eigenvalue weighted by Crippen LogP contribution is 2.24. The summed E-state index contributed by atoms with van der Waals surface area (Å²) in [4.78, 5) is 28.4. The van der Waals surface area contributed by atoms with Crippen molar-refractivity contribution in [2.24, 2.45) is 0 Å². The molecule has 0 radical (unpaired) electrons. The van der Waals surface area contributed by atoms with Gasteiger partial charge in [0.2, 0.25) is 0 Å². The zero-order chi connectivity index (χ0) is 16.5. The molecule has 122 valence electrons. The molecule has 0 saturated carbocycles. The molecule has 1 amide bonds. The van der Waals surface area contributed by atoms with Crippen LogP contribution in [-0.2, 0) is 0 Å². The lowest BCUT2D eigenvalue weighted by Crippen LogP contribution is -2.49. The minimum Gasteiger partial charge on any atom is -0.352 e. The van der Waals surface area contributed by atoms with Crippen molar-refractivity contribution in [1.82, 2.24) is 19.9 Å². The minimum atomic E-state index is -0.0188. The SMILES string of the molecule is O=C(c1ccccc1Cl)N1CCN(c2ncnc3[nH]ccc23)CC1. The molecule has 7 heteroatoms. The van der Waals surface area contributed by atoms with E-state index in [2.05, 4.69) is 19.9 Å². The molecule has 1 aliphatic heterocycles. The number of amides is 1. The number of carbonyl (C=O) groups excluding carboxylic acids is 1. The lowest BCUT2D eigenvalue weighted by atomic mass is 10.1. The van der Waals surface area contributed by atoms with Crippen LogP contribution in [0.25, 0.3) is 11.0 Å². The van der Waals surface area contributed by atoms with Crippen LogP contribution in [0.15, 0.2) is 42.9 Å². The molecule has 2 aromatic heterocycles. The first-order chi connectivity index (χ1) is 11.7. The van der Waals surface area contributed by atoms with Crippen LogP contribution in [0.2, 0.25) is 5.02 Å². The lowest BCUT2D eigenvalue weighted by Gasteiger charge is -2.35. The van der Waals surface area contributed by atoms with E-state index < -0.39 is 0 Å². The largest absolute Gasteiger partial charge is 0.352 e. The molecule has 3 aromatic rings. The topological polar surface area (TPSA) is 65.1 Å². The van der Waals surface area contributed by atoms with Gasteiger partial charge in [-0.1, -0.05) is 23.7 Å². The third kappa shape index (κ3) is 2.59. The molecule has 0 aliphatic carbocycles. The Balaban J connectivity index is 1.50. The van der Waals surface area contributed by atoms with Crippen molar-refractivity contribution in [2.75, 3.05) is 31.1 Å². The van der Waals surface area contributed by atoms with Crippen LogP contribution in [0.3, 0.4) is 0 Å². The molecule has 1 aliphatic rings. The summed E-state index contributed by atoms with van der Waals surface area (Å²) in [5.74, 6) is 0.890. The van der Waals surface area contributed by atoms with Gasteiger partial charge in [0.05, 0.1) is 16.0 Å². The lowest BCUT2D eigenvalue weighted by molar-refractivity contribution is 0.0747. The number of piperazine rings is 1. The van der Waals surface area contributed by atoms with E-state index >= 15 is 0 Å². The molecule has 1 saturated heterocycles. The number of nitrogens with one attached hydrogen (secondary N) is 1. The number of benzene rings is 1. The number of nitrogens with zero attached hydrogens (tertiary/aromatic N) is 4. The predicted molar refractivity (Wildman–Crippen MR) is 93.5 cm³/mol. The number of H-pyrrole nitrogens is 1. The van der Waals surface area contributed by atoms with E-state index in [1.165, 1.54) is 0 Å². The number of anilines is 1. The van der Waals surface area contributed by atoms with E-state index in [1.807, 2.05) is 29.3 Å². The fourth-order valence-corrected chi connectivity index (χ4v) is 3.25. The highest BCUT2D eigenvalue weighted by atomic mass is 35.5. The Hall–Kier alpha value is -2.60. The Bertz CT molecular complexity index is 885. The third-order valence-corrected chi connectivity index (χ3v) is 4.63. The summed E-state index contributed by atoms with van der Waals surface area (Å²) in [6.45, 7) is 2.74. The van der Waals surface area contributed by atoms with Gasteiger partial charge in [0.15, 0.2) is 0 Å². The molecule has 0 unspecified atom stereocenters. The van der Waals surface area contributed by atoms with Gasteiger partial charge in [0.25, 0.3) is 5.91 Å². The van der Waals surface area contributed by atoms with Gasteiger partial charge in [0.1, 0.15) is 17.8 Å². The molecule has 0 spiro atoms. The number of carbonyl (C=O) groups is 1. The summed E-state index contributed by atoms with van der Waals surface area (Å²) in [5.41, 5.74) is 1.39. The average Bonchev–Trinajstić information content (AvgIpc) is 3.10. The van der Waals surface area contributed by atoms with Crippen molar-refractivity contribution in [3.05, 3.63) is 53.4 Å². The Morgan fingerprint density at radius 2 is 1.88 bits per heavy atom. The Labute approximate surface area is 144 Å². The molecule has 0 atom stereocenters. The molecule has 24 heavy (non-hydrogen) atoms. The zero-order valence-corrected chi connectivity index (χ0v) is 13.7. The first kappa shape index (κ1) is 15.0. The first-order valence-electron chi connectivity index (χ1n) is 7.81. The molecular weight excluding hydrogens is 326 g/mol. The summed E-state index contributed by atoms with van der Waals surface area (Å²) in [6.07, 6.45) is 3.43. The van der Waals surface area contributed by atoms with E-state index in [1.54, 1.807) is 18.5 Å². The van der Waals surface area contributed by atoms with Crippen LogP contribution < -0.4 is 4.90 Å². The van der Waals surface area contributed by atoms with Gasteiger partial charge in [0, 0.05) is 32.4 Å². The fourth-order valence-electron chi connectivity index (χ4n) is 3.04. The Morgan fingerprint density at radius 3 is 2.67 bits per heavy atom. The summed E-state index contributed by atoms with van der Waals surface area (Å²) < 4.78 is 0. The summed E-state index contributed by atoms with van der Waals surface area (Å²) in [7, 11) is 0. The molecule has 6 nitrogen and oxygen atoms in total. The molecule has 1 N–H and O–H groups in total. The Kier molecular flexibility index (Phi) is 3.82. The van der Waals surface area contributed by atoms with Crippen LogP contribution in [0.1, 0.15) is 10.4 Å². The molecule has 1 fully saturated rings. The smallest absolute Gasteiger partial charge is 0.255 e. The first-order valence-corrected chi connectivity index (χ1v) is 8.18. The maximum absolute atomic E-state index is 12.6. The third-order valence-electron chi connectivity index (χ3n) is 4.30. The van der Waals surface area contributed by atoms with Crippen LogP contribution in [0.4, 0.5) is 5.82 Å². The van der Waals surface area contributed by atoms with E-state index in [-0.39, 0.29) is 5.91 Å². The van der Waals surface area contributed by atoms with Gasteiger partial charge >= 0.3 is 0 Å². The van der Waals surface area contributed by atoms with Gasteiger partial charge in [-0.25, -0.2) is 9.97 Å². The summed E-state index contributed by atoms with van der Waals surface area (Å²) in [6, 6.07) is 9.15. The van der Waals surface area contributed by atoms with Crippen molar-refractivity contribution in [3.63, 3.8) is 0 Å². The van der Waals surface area contributed by atoms with Crippen LogP contribution in [0, 0.1) is 0 Å². The van der Waals surface area contributed by atoms with Crippen molar-refractivity contribution in [1.29, 1.82) is 0 Å². The molecule has 1 aromatic carbocycles. The highest BCUT2D eigenvalue weighted by Gasteiger charge is 2.25. The molecule has 3 heterocycles. The summed E-state index contributed by atoms with van der Waals surface area (Å²) >= 11 is 6.14. The van der Waals surface area contributed by atoms with Gasteiger partial charge in [-0.05, 0) is 18.2 Å². The monoisotopic (exact) mass is 341 g/mol. The molecule has 4 rings (SSSR count). The fraction of sp³-hybridized carbons (Fsp3) is 0.235. The van der Waals surface area contributed by atoms with Gasteiger partial charge < -0.3 is 14.8 Å². The van der Waals surface area contributed by atoms with E-state index in [4.69, 9.17) is 11.6 Å². The van der Waals surface area contributed by atoms with E-state index in [0.29, 0.717) is 23.7 Å². The standard InChI is InChI=1S/C17H16ClN5O/c18-14-4-2-1-3-12(14)17(24)23-9-7-22(8-10-23)16-13-5-6-19-15(13)20-11-21-16/h1-6,11H,7-10H2,(H,19,20,21). The second-order valence-corrected chi connectivity index (χ2v) is 6.10. The van der Waals surface area contributed by atoms with Crippen molar-refractivity contribution >= 4 is 34.4 Å². The molecular formula is C17H16ClN5O. The number of hydrogen-bond acceptors (Lipinski definition) is 4. The van der Waals surface area contributed by atoms with Gasteiger partial charge in [-0.3, -0.25) is 4.79 Å². The Morgan fingerprint density at radius 1 is 1.08 bits per heavy atom. The van der Waals surface area contributed by atoms with Crippen LogP contribution >= 0.6 is 11.6 Å². The second-order valence-electron chi connectivity index (χ2n) is 5.70. The summed E-state index contributed by atoms with van der Waals surface area (Å²) in [5, 5.41) is 1.50. The predicted octanol–water partition coefficient (Wildman–Crippen LogP) is 2.57. The van der Waals surface area contributed by atoms with E-state index in [9.17, 15) is 4.79 Å². The molecule has 0 bridgehead atoms. The maximum atomic E-state index is 12.6. The van der Waals surface area contributed by atoms with Gasteiger partial charge in [-0.2, -0.15) is 0 Å². The second kappa shape index (κ2) is 6.13. The zero-order valence-electron chi connectivity index (χ0n) is 12.9. The average molecular weight is 342 g/mol. The number of aromatic amines is 1. The minimum absolute atomic E-state index is 0.0188. The van der Waals surface area contributed by atoms with Crippen molar-refractivity contribution in [2.45, 2.75) is 0 Å². The van der Waals surface area contributed by atoms with Crippen LogP contribution in [-0.4, -0.2) is 51.9 Å². The van der Waals surface area contributed by atoms with Crippen molar-refractivity contribution < 1.29 is 4.79 Å². The number of aromatic nitrogens is 3. The normalized spacial score (nSPS) is 15.0. The number of rotatable bonds is 2.